The van der Waals surface area contributed by atoms with Gasteiger partial charge in [0.2, 0.25) is 0 Å². The summed E-state index contributed by atoms with van der Waals surface area (Å²) in [7, 11) is 0. The maximum Gasteiger partial charge on any atom is 0.115 e. The van der Waals surface area contributed by atoms with Gasteiger partial charge in [0.05, 0.1) is 18.1 Å². The Balaban J connectivity index is 1.71. The van der Waals surface area contributed by atoms with E-state index < -0.39 is 0 Å². The molecule has 1 atom stereocenters. The molecule has 3 aromatic rings. The highest BCUT2D eigenvalue weighted by Gasteiger charge is 2.05. The molecule has 1 aromatic heterocycles. The van der Waals surface area contributed by atoms with Gasteiger partial charge in [0.1, 0.15) is 5.75 Å². The van der Waals surface area contributed by atoms with E-state index in [-0.39, 0.29) is 11.8 Å². The van der Waals surface area contributed by atoms with Crippen molar-refractivity contribution < 1.29 is 5.11 Å². The minimum absolute atomic E-state index is 0.152. The number of anilines is 1. The Hall–Kier alpha value is -2.82. The van der Waals surface area contributed by atoms with Crippen LogP contribution >= 0.6 is 0 Å². The lowest BCUT2D eigenvalue weighted by Crippen LogP contribution is -2.06. The number of phenols is 1. The maximum absolute atomic E-state index is 9.31. The summed E-state index contributed by atoms with van der Waals surface area (Å²) in [6.07, 6.45) is 3.30. The average Bonchev–Trinajstić information content (AvgIpc) is 3.03. The van der Waals surface area contributed by atoms with Crippen LogP contribution in [0.3, 0.4) is 0 Å². The summed E-state index contributed by atoms with van der Waals surface area (Å²) >= 11 is 0. The fourth-order valence-electron chi connectivity index (χ4n) is 2.14. The normalized spacial score (nSPS) is 12.0. The second kappa shape index (κ2) is 5.66. The lowest BCUT2D eigenvalue weighted by Gasteiger charge is -2.16. The number of nitrogens with one attached hydrogen (secondary N) is 1. The first-order valence-electron chi connectivity index (χ1n) is 6.74. The molecule has 0 saturated heterocycles. The van der Waals surface area contributed by atoms with E-state index in [0.29, 0.717) is 0 Å². The number of rotatable bonds is 4. The monoisotopic (exact) mass is 280 g/mol. The van der Waals surface area contributed by atoms with E-state index in [1.807, 2.05) is 36.4 Å². The van der Waals surface area contributed by atoms with Crippen molar-refractivity contribution in [3.05, 3.63) is 66.5 Å². The summed E-state index contributed by atoms with van der Waals surface area (Å²) in [5.41, 5.74) is 3.06. The highest BCUT2D eigenvalue weighted by atomic mass is 16.3. The Morgan fingerprint density at radius 1 is 0.952 bits per heavy atom. The quantitative estimate of drug-likeness (QED) is 0.770. The number of hydrogen-bond acceptors (Lipinski definition) is 4. The molecule has 0 amide bonds. The SMILES string of the molecule is CC(Nc1ccc(-n2nccn2)cc1)c1ccc(O)cc1. The number of benzene rings is 2. The first-order chi connectivity index (χ1) is 10.2. The van der Waals surface area contributed by atoms with Gasteiger partial charge in [0.25, 0.3) is 0 Å². The van der Waals surface area contributed by atoms with E-state index in [4.69, 9.17) is 0 Å². The Kier molecular flexibility index (Phi) is 3.55. The van der Waals surface area contributed by atoms with Crippen molar-refractivity contribution in [2.24, 2.45) is 0 Å². The molecule has 0 spiro atoms. The van der Waals surface area contributed by atoms with E-state index >= 15 is 0 Å². The van der Waals surface area contributed by atoms with Gasteiger partial charge in [-0.3, -0.25) is 0 Å². The van der Waals surface area contributed by atoms with Gasteiger partial charge in [0.15, 0.2) is 0 Å². The van der Waals surface area contributed by atoms with Gasteiger partial charge in [-0.2, -0.15) is 15.0 Å². The predicted molar refractivity (Wildman–Crippen MR) is 81.5 cm³/mol. The van der Waals surface area contributed by atoms with Gasteiger partial charge in [-0.25, -0.2) is 0 Å². The fraction of sp³-hybridized carbons (Fsp3) is 0.125. The van der Waals surface area contributed by atoms with Crippen LogP contribution in [0, 0.1) is 0 Å². The second-order valence-corrected chi connectivity index (χ2v) is 4.82. The number of hydrogen-bond donors (Lipinski definition) is 2. The summed E-state index contributed by atoms with van der Waals surface area (Å²) in [5.74, 6) is 0.280. The third-order valence-corrected chi connectivity index (χ3v) is 3.29. The van der Waals surface area contributed by atoms with Crippen LogP contribution < -0.4 is 5.32 Å². The van der Waals surface area contributed by atoms with Crippen LogP contribution in [0.1, 0.15) is 18.5 Å². The van der Waals surface area contributed by atoms with Gasteiger partial charge >= 0.3 is 0 Å². The van der Waals surface area contributed by atoms with E-state index in [1.165, 1.54) is 0 Å². The van der Waals surface area contributed by atoms with Crippen molar-refractivity contribution in [2.75, 3.05) is 5.32 Å². The first-order valence-corrected chi connectivity index (χ1v) is 6.74. The van der Waals surface area contributed by atoms with E-state index in [9.17, 15) is 5.11 Å². The predicted octanol–water partition coefficient (Wildman–Crippen LogP) is 3.15. The van der Waals surface area contributed by atoms with Gasteiger partial charge in [-0.15, -0.1) is 0 Å². The molecule has 3 rings (SSSR count). The van der Waals surface area contributed by atoms with Crippen LogP contribution in [0.5, 0.6) is 5.75 Å². The molecule has 0 bridgehead atoms. The van der Waals surface area contributed by atoms with Crippen molar-refractivity contribution in [3.63, 3.8) is 0 Å². The molecule has 5 heteroatoms. The largest absolute Gasteiger partial charge is 0.508 e. The molecule has 5 nitrogen and oxygen atoms in total. The Labute approximate surface area is 122 Å². The second-order valence-electron chi connectivity index (χ2n) is 4.82. The zero-order valence-electron chi connectivity index (χ0n) is 11.6. The zero-order chi connectivity index (χ0) is 14.7. The van der Waals surface area contributed by atoms with Crippen LogP contribution in [0.2, 0.25) is 0 Å². The Bertz CT molecular complexity index is 690. The molecule has 0 aliphatic heterocycles. The van der Waals surface area contributed by atoms with Crippen LogP contribution in [0.4, 0.5) is 5.69 Å². The first kappa shape index (κ1) is 13.2. The third-order valence-electron chi connectivity index (χ3n) is 3.29. The molecule has 0 aliphatic carbocycles. The van der Waals surface area contributed by atoms with Crippen molar-refractivity contribution in [1.82, 2.24) is 15.0 Å². The summed E-state index contributed by atoms with van der Waals surface area (Å²) in [5, 5.41) is 20.9. The van der Waals surface area contributed by atoms with Crippen LogP contribution in [-0.4, -0.2) is 20.1 Å². The minimum Gasteiger partial charge on any atom is -0.508 e. The smallest absolute Gasteiger partial charge is 0.115 e. The molecule has 0 saturated carbocycles. The van der Waals surface area contributed by atoms with Crippen molar-refractivity contribution in [1.29, 1.82) is 0 Å². The molecule has 1 heterocycles. The molecule has 106 valence electrons. The van der Waals surface area contributed by atoms with E-state index in [1.54, 1.807) is 29.3 Å². The Morgan fingerprint density at radius 3 is 2.19 bits per heavy atom. The summed E-state index contributed by atoms with van der Waals surface area (Å²) in [6, 6.07) is 15.3. The lowest BCUT2D eigenvalue weighted by molar-refractivity contribution is 0.475. The standard InChI is InChI=1S/C16H16N4O/c1-12(13-2-8-16(21)9-3-13)19-14-4-6-15(7-5-14)20-17-10-11-18-20/h2-12,19,21H,1H3. The molecular formula is C16H16N4O. The number of aromatic hydroxyl groups is 1. The van der Waals surface area contributed by atoms with Crippen molar-refractivity contribution in [3.8, 4) is 11.4 Å². The molecule has 1 unspecified atom stereocenters. The summed E-state index contributed by atoms with van der Waals surface area (Å²) in [4.78, 5) is 1.58. The van der Waals surface area contributed by atoms with Crippen LogP contribution in [0.25, 0.3) is 5.69 Å². The van der Waals surface area contributed by atoms with Gasteiger partial charge in [-0.1, -0.05) is 12.1 Å². The summed E-state index contributed by atoms with van der Waals surface area (Å²) in [6.45, 7) is 2.08. The average molecular weight is 280 g/mol. The lowest BCUT2D eigenvalue weighted by atomic mass is 10.1. The van der Waals surface area contributed by atoms with Crippen molar-refractivity contribution >= 4 is 5.69 Å². The van der Waals surface area contributed by atoms with Crippen LogP contribution in [-0.2, 0) is 0 Å². The molecule has 0 radical (unpaired) electrons. The summed E-state index contributed by atoms with van der Waals surface area (Å²) < 4.78 is 0. The highest BCUT2D eigenvalue weighted by Crippen LogP contribution is 2.21. The molecular weight excluding hydrogens is 264 g/mol. The molecule has 0 fully saturated rings. The third kappa shape index (κ3) is 3.02. The highest BCUT2D eigenvalue weighted by molar-refractivity contribution is 5.49. The van der Waals surface area contributed by atoms with E-state index in [0.717, 1.165) is 16.9 Å². The zero-order valence-corrected chi connectivity index (χ0v) is 11.6. The molecule has 2 N–H and O–H groups in total. The van der Waals surface area contributed by atoms with Crippen molar-refractivity contribution in [2.45, 2.75) is 13.0 Å². The van der Waals surface area contributed by atoms with Gasteiger partial charge in [-0.05, 0) is 48.9 Å². The molecule has 2 aromatic carbocycles. The van der Waals surface area contributed by atoms with E-state index in [2.05, 4.69) is 22.4 Å². The molecule has 0 aliphatic rings. The number of phenolic OH excluding ortho intramolecular Hbond substituents is 1. The Morgan fingerprint density at radius 2 is 1.57 bits per heavy atom. The van der Waals surface area contributed by atoms with Gasteiger partial charge < -0.3 is 10.4 Å². The topological polar surface area (TPSA) is 63.0 Å². The fourth-order valence-corrected chi connectivity index (χ4v) is 2.14. The number of aromatic nitrogens is 3. The number of nitrogens with zero attached hydrogens (tertiary/aromatic N) is 3. The molecule has 21 heavy (non-hydrogen) atoms. The minimum atomic E-state index is 0.152. The van der Waals surface area contributed by atoms with Crippen LogP contribution in [0.15, 0.2) is 60.9 Å². The maximum atomic E-state index is 9.31. The van der Waals surface area contributed by atoms with Gasteiger partial charge in [0, 0.05) is 11.7 Å².